The SMILES string of the molecule is CCOC(=O)[C@H](C)[C@H](O)C(C)(C)C. The summed E-state index contributed by atoms with van der Waals surface area (Å²) in [6.07, 6.45) is -0.661. The molecular formula is C10H20O3. The summed E-state index contributed by atoms with van der Waals surface area (Å²) in [5.74, 6) is -0.787. The Morgan fingerprint density at radius 2 is 1.92 bits per heavy atom. The molecule has 78 valence electrons. The van der Waals surface area contributed by atoms with Crippen LogP contribution >= 0.6 is 0 Å². The molecule has 1 N–H and O–H groups in total. The summed E-state index contributed by atoms with van der Waals surface area (Å²) in [6.45, 7) is 9.50. The number of ether oxygens (including phenoxy) is 1. The van der Waals surface area contributed by atoms with Crippen molar-refractivity contribution in [2.45, 2.75) is 40.7 Å². The fourth-order valence-electron chi connectivity index (χ4n) is 1.15. The van der Waals surface area contributed by atoms with E-state index < -0.39 is 12.0 Å². The van der Waals surface area contributed by atoms with Gasteiger partial charge in [-0.15, -0.1) is 0 Å². The Morgan fingerprint density at radius 1 is 1.46 bits per heavy atom. The Balaban J connectivity index is 4.25. The number of hydrogen-bond donors (Lipinski definition) is 1. The van der Waals surface area contributed by atoms with Gasteiger partial charge in [0.2, 0.25) is 0 Å². The summed E-state index contributed by atoms with van der Waals surface area (Å²) in [5.41, 5.74) is -0.286. The quantitative estimate of drug-likeness (QED) is 0.684. The van der Waals surface area contributed by atoms with E-state index in [1.807, 2.05) is 20.8 Å². The summed E-state index contributed by atoms with van der Waals surface area (Å²) < 4.78 is 4.82. The fraction of sp³-hybridized carbons (Fsp3) is 0.900. The van der Waals surface area contributed by atoms with E-state index in [2.05, 4.69) is 0 Å². The van der Waals surface area contributed by atoms with Crippen LogP contribution in [-0.2, 0) is 9.53 Å². The van der Waals surface area contributed by atoms with E-state index >= 15 is 0 Å². The van der Waals surface area contributed by atoms with E-state index in [0.29, 0.717) is 6.61 Å². The highest BCUT2D eigenvalue weighted by Gasteiger charge is 2.32. The van der Waals surface area contributed by atoms with E-state index in [0.717, 1.165) is 0 Å². The number of rotatable bonds is 3. The van der Waals surface area contributed by atoms with Crippen LogP contribution in [0.4, 0.5) is 0 Å². The molecule has 0 heterocycles. The molecule has 0 aliphatic rings. The van der Waals surface area contributed by atoms with Gasteiger partial charge in [0.15, 0.2) is 0 Å². The summed E-state index contributed by atoms with van der Waals surface area (Å²) in [7, 11) is 0. The van der Waals surface area contributed by atoms with Gasteiger partial charge in [-0.05, 0) is 19.3 Å². The van der Waals surface area contributed by atoms with Gasteiger partial charge in [-0.1, -0.05) is 20.8 Å². The van der Waals surface area contributed by atoms with E-state index in [4.69, 9.17) is 4.74 Å². The lowest BCUT2D eigenvalue weighted by atomic mass is 9.82. The van der Waals surface area contributed by atoms with Crippen LogP contribution in [0.5, 0.6) is 0 Å². The Labute approximate surface area is 80.1 Å². The van der Waals surface area contributed by atoms with Gasteiger partial charge in [-0.25, -0.2) is 0 Å². The molecule has 0 unspecified atom stereocenters. The molecule has 2 atom stereocenters. The van der Waals surface area contributed by atoms with E-state index in [1.165, 1.54) is 0 Å². The zero-order valence-corrected chi connectivity index (χ0v) is 9.13. The van der Waals surface area contributed by atoms with Crippen molar-refractivity contribution in [3.05, 3.63) is 0 Å². The van der Waals surface area contributed by atoms with Crippen LogP contribution in [0.3, 0.4) is 0 Å². The van der Waals surface area contributed by atoms with Crippen LogP contribution < -0.4 is 0 Å². The molecule has 0 aromatic carbocycles. The van der Waals surface area contributed by atoms with Gasteiger partial charge in [0.05, 0.1) is 18.6 Å². The molecule has 0 spiro atoms. The fourth-order valence-corrected chi connectivity index (χ4v) is 1.15. The third-order valence-corrected chi connectivity index (χ3v) is 2.02. The van der Waals surface area contributed by atoms with Crippen molar-refractivity contribution in [2.75, 3.05) is 6.61 Å². The summed E-state index contributed by atoms with van der Waals surface area (Å²) in [5, 5.41) is 9.75. The standard InChI is InChI=1S/C10H20O3/c1-6-13-9(12)7(2)8(11)10(3,4)5/h7-8,11H,6H2,1-5H3/t7-,8+/m1/s1. The number of carbonyl (C=O) groups is 1. The van der Waals surface area contributed by atoms with Gasteiger partial charge in [0.1, 0.15) is 0 Å². The second kappa shape index (κ2) is 4.61. The minimum Gasteiger partial charge on any atom is -0.466 e. The molecule has 0 aromatic rings. The molecule has 0 bridgehead atoms. The zero-order chi connectivity index (χ0) is 10.6. The molecular weight excluding hydrogens is 168 g/mol. The molecule has 0 saturated heterocycles. The number of hydrogen-bond acceptors (Lipinski definition) is 3. The average Bonchev–Trinajstić information content (AvgIpc) is 2.00. The second-order valence-electron chi connectivity index (χ2n) is 4.35. The normalized spacial score (nSPS) is 16.5. The highest BCUT2D eigenvalue weighted by Crippen LogP contribution is 2.25. The van der Waals surface area contributed by atoms with Crippen LogP contribution in [0.1, 0.15) is 34.6 Å². The van der Waals surface area contributed by atoms with Crippen molar-refractivity contribution in [3.63, 3.8) is 0 Å². The maximum Gasteiger partial charge on any atom is 0.311 e. The first-order valence-electron chi connectivity index (χ1n) is 4.65. The molecule has 0 amide bonds. The molecule has 0 radical (unpaired) electrons. The average molecular weight is 188 g/mol. The Kier molecular flexibility index (Phi) is 4.40. The van der Waals surface area contributed by atoms with Crippen molar-refractivity contribution < 1.29 is 14.6 Å². The van der Waals surface area contributed by atoms with Crippen molar-refractivity contribution in [1.82, 2.24) is 0 Å². The van der Waals surface area contributed by atoms with Crippen molar-refractivity contribution in [2.24, 2.45) is 11.3 Å². The van der Waals surface area contributed by atoms with Crippen molar-refractivity contribution >= 4 is 5.97 Å². The van der Waals surface area contributed by atoms with Gasteiger partial charge >= 0.3 is 5.97 Å². The maximum absolute atomic E-state index is 11.2. The van der Waals surface area contributed by atoms with E-state index in [1.54, 1.807) is 13.8 Å². The van der Waals surface area contributed by atoms with Crippen LogP contribution in [0, 0.1) is 11.3 Å². The number of esters is 1. The molecule has 0 aromatic heterocycles. The van der Waals surface area contributed by atoms with Gasteiger partial charge < -0.3 is 9.84 Å². The third-order valence-electron chi connectivity index (χ3n) is 2.02. The molecule has 13 heavy (non-hydrogen) atoms. The Hall–Kier alpha value is -0.570. The van der Waals surface area contributed by atoms with Gasteiger partial charge in [0.25, 0.3) is 0 Å². The third kappa shape index (κ3) is 3.77. The summed E-state index contributed by atoms with van der Waals surface area (Å²) in [6, 6.07) is 0. The van der Waals surface area contributed by atoms with Crippen LogP contribution in [-0.4, -0.2) is 23.8 Å². The van der Waals surface area contributed by atoms with E-state index in [9.17, 15) is 9.90 Å². The predicted octanol–water partition coefficient (Wildman–Crippen LogP) is 1.59. The van der Waals surface area contributed by atoms with Crippen molar-refractivity contribution in [1.29, 1.82) is 0 Å². The lowest BCUT2D eigenvalue weighted by molar-refractivity contribution is -0.154. The molecule has 0 fully saturated rings. The van der Waals surface area contributed by atoms with Crippen LogP contribution in [0.25, 0.3) is 0 Å². The smallest absolute Gasteiger partial charge is 0.311 e. The molecule has 3 heteroatoms. The first-order chi connectivity index (χ1) is 5.80. The zero-order valence-electron chi connectivity index (χ0n) is 9.13. The van der Waals surface area contributed by atoms with Gasteiger partial charge in [-0.3, -0.25) is 4.79 Å². The lowest BCUT2D eigenvalue weighted by Gasteiger charge is -2.29. The van der Waals surface area contributed by atoms with Crippen LogP contribution in [0.2, 0.25) is 0 Å². The largest absolute Gasteiger partial charge is 0.466 e. The van der Waals surface area contributed by atoms with Gasteiger partial charge in [-0.2, -0.15) is 0 Å². The van der Waals surface area contributed by atoms with Crippen molar-refractivity contribution in [3.8, 4) is 0 Å². The van der Waals surface area contributed by atoms with Crippen LogP contribution in [0.15, 0.2) is 0 Å². The molecule has 0 rings (SSSR count). The van der Waals surface area contributed by atoms with Gasteiger partial charge in [0, 0.05) is 0 Å². The number of aliphatic hydroxyl groups is 1. The molecule has 0 saturated carbocycles. The monoisotopic (exact) mass is 188 g/mol. The Bertz CT molecular complexity index is 169. The minimum absolute atomic E-state index is 0.286. The molecule has 0 aliphatic heterocycles. The predicted molar refractivity (Wildman–Crippen MR) is 51.3 cm³/mol. The first kappa shape index (κ1) is 12.4. The highest BCUT2D eigenvalue weighted by molar-refractivity contribution is 5.72. The minimum atomic E-state index is -0.661. The number of aliphatic hydroxyl groups excluding tert-OH is 1. The number of carbonyl (C=O) groups excluding carboxylic acids is 1. The summed E-state index contributed by atoms with van der Waals surface area (Å²) in [4.78, 5) is 11.2. The van der Waals surface area contributed by atoms with E-state index in [-0.39, 0.29) is 11.4 Å². The second-order valence-corrected chi connectivity index (χ2v) is 4.35. The molecule has 0 aliphatic carbocycles. The first-order valence-corrected chi connectivity index (χ1v) is 4.65. The lowest BCUT2D eigenvalue weighted by Crippen LogP contribution is -2.37. The maximum atomic E-state index is 11.2. The highest BCUT2D eigenvalue weighted by atomic mass is 16.5. The topological polar surface area (TPSA) is 46.5 Å². The molecule has 3 nitrogen and oxygen atoms in total. The summed E-state index contributed by atoms with van der Waals surface area (Å²) >= 11 is 0. The Morgan fingerprint density at radius 3 is 2.23 bits per heavy atom.